The second kappa shape index (κ2) is 11.7. The Bertz CT molecular complexity index is 1150. The Morgan fingerprint density at radius 1 is 1.00 bits per heavy atom. The Labute approximate surface area is 199 Å². The van der Waals surface area contributed by atoms with E-state index in [2.05, 4.69) is 10.6 Å². The number of carbonyl (C=O) groups excluding carboxylic acids is 2. The molecule has 2 amide bonds. The molecule has 0 radical (unpaired) electrons. The standard InChI is InChI=1S/C27H30N2O5/c1-5-32-24-14-13-20(16-25(24)33-6-2)19(4)28-27(31)23(17-21-11-9-15-34-21)29-26(30)22-12-8-7-10-18(22)3/h7-17,19H,5-6H2,1-4H3,(H,28,31)(H,29,30)/b23-17-. The largest absolute Gasteiger partial charge is 0.490 e. The fourth-order valence-electron chi connectivity index (χ4n) is 3.39. The number of rotatable bonds is 10. The van der Waals surface area contributed by atoms with Gasteiger partial charge in [0.05, 0.1) is 25.5 Å². The van der Waals surface area contributed by atoms with Gasteiger partial charge in [0, 0.05) is 11.6 Å². The van der Waals surface area contributed by atoms with Gasteiger partial charge in [0.25, 0.3) is 11.8 Å². The Kier molecular flexibility index (Phi) is 8.51. The van der Waals surface area contributed by atoms with E-state index in [-0.39, 0.29) is 17.6 Å². The molecular weight excluding hydrogens is 432 g/mol. The number of furan rings is 1. The minimum absolute atomic E-state index is 0.0750. The Balaban J connectivity index is 1.82. The molecule has 2 N–H and O–H groups in total. The van der Waals surface area contributed by atoms with Crippen LogP contribution >= 0.6 is 0 Å². The molecule has 178 valence electrons. The number of ether oxygens (including phenoxy) is 2. The summed E-state index contributed by atoms with van der Waals surface area (Å²) < 4.78 is 16.7. The van der Waals surface area contributed by atoms with Gasteiger partial charge in [-0.25, -0.2) is 0 Å². The van der Waals surface area contributed by atoms with E-state index in [1.165, 1.54) is 12.3 Å². The van der Waals surface area contributed by atoms with Crippen LogP contribution in [0.2, 0.25) is 0 Å². The molecule has 3 rings (SSSR count). The van der Waals surface area contributed by atoms with Crippen molar-refractivity contribution >= 4 is 17.9 Å². The topological polar surface area (TPSA) is 89.8 Å². The van der Waals surface area contributed by atoms with Crippen molar-refractivity contribution in [3.8, 4) is 11.5 Å². The molecule has 0 spiro atoms. The fourth-order valence-corrected chi connectivity index (χ4v) is 3.39. The number of benzene rings is 2. The molecule has 0 saturated heterocycles. The van der Waals surface area contributed by atoms with Crippen molar-refractivity contribution in [2.75, 3.05) is 13.2 Å². The van der Waals surface area contributed by atoms with Crippen LogP contribution in [0.4, 0.5) is 0 Å². The zero-order chi connectivity index (χ0) is 24.5. The van der Waals surface area contributed by atoms with Gasteiger partial charge < -0.3 is 24.5 Å². The van der Waals surface area contributed by atoms with E-state index in [0.717, 1.165) is 11.1 Å². The van der Waals surface area contributed by atoms with Crippen LogP contribution in [0.15, 0.2) is 71.0 Å². The number of hydrogen-bond acceptors (Lipinski definition) is 5. The van der Waals surface area contributed by atoms with Gasteiger partial charge in [0.1, 0.15) is 11.5 Å². The Hall–Kier alpha value is -4.00. The average molecular weight is 463 g/mol. The van der Waals surface area contributed by atoms with Crippen molar-refractivity contribution in [2.24, 2.45) is 0 Å². The number of aryl methyl sites for hydroxylation is 1. The highest BCUT2D eigenvalue weighted by atomic mass is 16.5. The monoisotopic (exact) mass is 462 g/mol. The van der Waals surface area contributed by atoms with Gasteiger partial charge in [-0.05, 0) is 69.2 Å². The summed E-state index contributed by atoms with van der Waals surface area (Å²) in [6, 6.07) is 15.8. The molecule has 7 heteroatoms. The fraction of sp³-hybridized carbons (Fsp3) is 0.259. The normalized spacial score (nSPS) is 12.1. The third-order valence-electron chi connectivity index (χ3n) is 5.13. The second-order valence-corrected chi connectivity index (χ2v) is 7.61. The summed E-state index contributed by atoms with van der Waals surface area (Å²) in [5, 5.41) is 5.67. The van der Waals surface area contributed by atoms with Crippen LogP contribution in [0, 0.1) is 6.92 Å². The highest BCUT2D eigenvalue weighted by Gasteiger charge is 2.19. The van der Waals surface area contributed by atoms with Gasteiger partial charge in [0.15, 0.2) is 11.5 Å². The van der Waals surface area contributed by atoms with Crippen molar-refractivity contribution in [1.82, 2.24) is 10.6 Å². The predicted octanol–water partition coefficient (Wildman–Crippen LogP) is 5.03. The smallest absolute Gasteiger partial charge is 0.268 e. The van der Waals surface area contributed by atoms with E-state index in [1.54, 1.807) is 24.3 Å². The summed E-state index contributed by atoms with van der Waals surface area (Å²) in [6.45, 7) is 8.52. The highest BCUT2D eigenvalue weighted by molar-refractivity contribution is 6.05. The highest BCUT2D eigenvalue weighted by Crippen LogP contribution is 2.30. The quantitative estimate of drug-likeness (QED) is 0.412. The molecule has 1 atom stereocenters. The summed E-state index contributed by atoms with van der Waals surface area (Å²) in [5.74, 6) is 0.886. The van der Waals surface area contributed by atoms with Crippen LogP contribution in [0.1, 0.15) is 54.1 Å². The molecule has 3 aromatic rings. The van der Waals surface area contributed by atoms with Gasteiger partial charge in [-0.3, -0.25) is 9.59 Å². The average Bonchev–Trinajstić information content (AvgIpc) is 3.33. The lowest BCUT2D eigenvalue weighted by atomic mass is 10.1. The predicted molar refractivity (Wildman–Crippen MR) is 131 cm³/mol. The minimum Gasteiger partial charge on any atom is -0.490 e. The lowest BCUT2D eigenvalue weighted by Crippen LogP contribution is -2.36. The summed E-state index contributed by atoms with van der Waals surface area (Å²) >= 11 is 0. The maximum Gasteiger partial charge on any atom is 0.268 e. The Morgan fingerprint density at radius 3 is 2.41 bits per heavy atom. The zero-order valence-electron chi connectivity index (χ0n) is 19.9. The minimum atomic E-state index is -0.447. The zero-order valence-corrected chi connectivity index (χ0v) is 19.9. The maximum atomic E-state index is 13.2. The molecule has 0 aliphatic carbocycles. The molecule has 0 aliphatic rings. The van der Waals surface area contributed by atoms with Crippen molar-refractivity contribution in [2.45, 2.75) is 33.7 Å². The molecule has 0 fully saturated rings. The molecule has 34 heavy (non-hydrogen) atoms. The van der Waals surface area contributed by atoms with Crippen LogP contribution < -0.4 is 20.1 Å². The van der Waals surface area contributed by atoms with Gasteiger partial charge in [-0.15, -0.1) is 0 Å². The maximum absolute atomic E-state index is 13.2. The molecule has 2 aromatic carbocycles. The van der Waals surface area contributed by atoms with Crippen molar-refractivity contribution in [1.29, 1.82) is 0 Å². The van der Waals surface area contributed by atoms with E-state index in [4.69, 9.17) is 13.9 Å². The molecule has 0 bridgehead atoms. The SMILES string of the molecule is CCOc1ccc(C(C)NC(=O)/C(=C/c2ccco2)NC(=O)c2ccccc2C)cc1OCC. The summed E-state index contributed by atoms with van der Waals surface area (Å²) in [6.07, 6.45) is 3.00. The number of amides is 2. The van der Waals surface area contributed by atoms with Crippen molar-refractivity contribution < 1.29 is 23.5 Å². The van der Waals surface area contributed by atoms with Gasteiger partial charge in [-0.1, -0.05) is 24.3 Å². The van der Waals surface area contributed by atoms with Gasteiger partial charge >= 0.3 is 0 Å². The molecule has 0 aliphatic heterocycles. The van der Waals surface area contributed by atoms with Crippen molar-refractivity contribution in [3.05, 3.63) is 89.0 Å². The van der Waals surface area contributed by atoms with E-state index in [1.807, 2.05) is 58.0 Å². The Morgan fingerprint density at radius 2 is 1.74 bits per heavy atom. The van der Waals surface area contributed by atoms with Gasteiger partial charge in [0.2, 0.25) is 0 Å². The molecule has 1 unspecified atom stereocenters. The first-order valence-electron chi connectivity index (χ1n) is 11.3. The summed E-state index contributed by atoms with van der Waals surface area (Å²) in [5.41, 5.74) is 2.21. The molecule has 0 saturated carbocycles. The second-order valence-electron chi connectivity index (χ2n) is 7.61. The van der Waals surface area contributed by atoms with E-state index >= 15 is 0 Å². The molecule has 1 heterocycles. The molecular formula is C27H30N2O5. The lowest BCUT2D eigenvalue weighted by Gasteiger charge is -2.19. The number of nitrogens with one attached hydrogen (secondary N) is 2. The first kappa shape index (κ1) is 24.6. The first-order valence-corrected chi connectivity index (χ1v) is 11.3. The van der Waals surface area contributed by atoms with E-state index < -0.39 is 5.91 Å². The summed E-state index contributed by atoms with van der Waals surface area (Å²) in [7, 11) is 0. The molecule has 7 nitrogen and oxygen atoms in total. The van der Waals surface area contributed by atoms with Crippen LogP contribution in [-0.2, 0) is 4.79 Å². The van der Waals surface area contributed by atoms with Crippen LogP contribution in [-0.4, -0.2) is 25.0 Å². The van der Waals surface area contributed by atoms with Crippen LogP contribution in [0.3, 0.4) is 0 Å². The van der Waals surface area contributed by atoms with Crippen molar-refractivity contribution in [3.63, 3.8) is 0 Å². The number of carbonyl (C=O) groups is 2. The van der Waals surface area contributed by atoms with Crippen LogP contribution in [0.25, 0.3) is 6.08 Å². The van der Waals surface area contributed by atoms with Crippen LogP contribution in [0.5, 0.6) is 11.5 Å². The lowest BCUT2D eigenvalue weighted by molar-refractivity contribution is -0.118. The number of hydrogen-bond donors (Lipinski definition) is 2. The molecule has 1 aromatic heterocycles. The summed E-state index contributed by atoms with van der Waals surface area (Å²) in [4.78, 5) is 26.1. The third kappa shape index (κ3) is 6.28. The van der Waals surface area contributed by atoms with E-state index in [0.29, 0.717) is 36.0 Å². The first-order chi connectivity index (χ1) is 16.4. The van der Waals surface area contributed by atoms with E-state index in [9.17, 15) is 9.59 Å². The van der Waals surface area contributed by atoms with Gasteiger partial charge in [-0.2, -0.15) is 0 Å². The third-order valence-corrected chi connectivity index (χ3v) is 5.13.